The van der Waals surface area contributed by atoms with Crippen LogP contribution in [0.2, 0.25) is 0 Å². The molecule has 0 aromatic heterocycles. The first-order valence-corrected chi connectivity index (χ1v) is 11.9. The highest BCUT2D eigenvalue weighted by Gasteiger charge is 2.44. The quantitative estimate of drug-likeness (QED) is 0.473. The van der Waals surface area contributed by atoms with Crippen LogP contribution in [0.3, 0.4) is 0 Å². The number of aliphatic hydroxyl groups excluding tert-OH is 1. The average molecular weight is 507 g/mol. The maximum atomic E-state index is 13.5. The maximum absolute atomic E-state index is 13.5. The molecule has 1 aliphatic heterocycles. The molecule has 4 rings (SSSR count). The van der Waals surface area contributed by atoms with Gasteiger partial charge in [-0.15, -0.1) is 0 Å². The zero-order valence-corrected chi connectivity index (χ0v) is 19.9. The van der Waals surface area contributed by atoms with E-state index < -0.39 is 23.4 Å². The van der Waals surface area contributed by atoms with Gasteiger partial charge in [0.15, 0.2) is 0 Å². The second-order valence-corrected chi connectivity index (χ2v) is 9.44. The molecule has 2 aromatic rings. The van der Waals surface area contributed by atoms with Gasteiger partial charge >= 0.3 is 6.18 Å². The Morgan fingerprint density at radius 1 is 1.19 bits per heavy atom. The van der Waals surface area contributed by atoms with Gasteiger partial charge in [-0.05, 0) is 61.1 Å². The first-order valence-electron chi connectivity index (χ1n) is 11.9. The molecule has 2 aromatic carbocycles. The molecule has 0 radical (unpaired) electrons. The molecule has 7 nitrogen and oxygen atoms in total. The molecule has 1 aliphatic carbocycles. The molecule has 1 saturated heterocycles. The molecule has 2 fully saturated rings. The highest BCUT2D eigenvalue weighted by molar-refractivity contribution is 5.92. The van der Waals surface area contributed by atoms with Crippen molar-refractivity contribution in [1.29, 1.82) is 0 Å². The number of benzene rings is 2. The van der Waals surface area contributed by atoms with Crippen LogP contribution in [0, 0.1) is 5.92 Å². The van der Waals surface area contributed by atoms with Gasteiger partial charge in [0.05, 0.1) is 18.3 Å². The van der Waals surface area contributed by atoms with Gasteiger partial charge < -0.3 is 25.2 Å². The number of aliphatic hydroxyl groups is 1. The lowest BCUT2D eigenvalue weighted by Crippen LogP contribution is -2.59. The fraction of sp³-hybridized carbons (Fsp3) is 0.462. The molecule has 10 heteroatoms. The Hall–Kier alpha value is -3.11. The minimum absolute atomic E-state index is 0.109. The van der Waals surface area contributed by atoms with Gasteiger partial charge in [0.2, 0.25) is 11.8 Å². The molecule has 1 saturated carbocycles. The fourth-order valence-electron chi connectivity index (χ4n) is 4.07. The molecular weight excluding hydrogens is 477 g/mol. The van der Waals surface area contributed by atoms with Crippen LogP contribution >= 0.6 is 0 Å². The van der Waals surface area contributed by atoms with Crippen molar-refractivity contribution < 1.29 is 37.3 Å². The topological polar surface area (TPSA) is 96.9 Å². The van der Waals surface area contributed by atoms with E-state index in [1.807, 2.05) is 0 Å². The Labute approximate surface area is 207 Å². The third-order valence-electron chi connectivity index (χ3n) is 6.40. The van der Waals surface area contributed by atoms with Crippen LogP contribution in [0.4, 0.5) is 13.2 Å². The summed E-state index contributed by atoms with van der Waals surface area (Å²) in [7, 11) is 0. The van der Waals surface area contributed by atoms with Crippen LogP contribution in [-0.2, 0) is 27.0 Å². The molecule has 2 atom stereocenters. The lowest BCUT2D eigenvalue weighted by atomic mass is 9.96. The summed E-state index contributed by atoms with van der Waals surface area (Å²) in [6, 6.07) is 9.72. The molecule has 2 aliphatic rings. The molecular formula is C26H29F3N2O5. The maximum Gasteiger partial charge on any atom is 0.419 e. The number of alkyl halides is 3. The number of halogens is 3. The second kappa shape index (κ2) is 10.5. The van der Waals surface area contributed by atoms with Crippen molar-refractivity contribution >= 4 is 11.8 Å². The van der Waals surface area contributed by atoms with Gasteiger partial charge in [-0.1, -0.05) is 18.2 Å². The van der Waals surface area contributed by atoms with Gasteiger partial charge in [0.25, 0.3) is 0 Å². The molecule has 0 bridgehead atoms. The number of carbonyl (C=O) groups excluding carboxylic acids is 2. The van der Waals surface area contributed by atoms with Crippen LogP contribution in [0.1, 0.15) is 55.4 Å². The molecule has 2 unspecified atom stereocenters. The molecule has 2 amide bonds. The minimum Gasteiger partial charge on any atom is -0.457 e. The van der Waals surface area contributed by atoms with Gasteiger partial charge in [-0.3, -0.25) is 9.59 Å². The number of hydrogen-bond donors (Lipinski definition) is 3. The van der Waals surface area contributed by atoms with Crippen LogP contribution in [0.25, 0.3) is 0 Å². The third kappa shape index (κ3) is 6.36. The predicted molar refractivity (Wildman–Crippen MR) is 124 cm³/mol. The van der Waals surface area contributed by atoms with Crippen molar-refractivity contribution in [3.63, 3.8) is 0 Å². The minimum atomic E-state index is -4.65. The summed E-state index contributed by atoms with van der Waals surface area (Å²) >= 11 is 0. The van der Waals surface area contributed by atoms with E-state index in [9.17, 15) is 27.9 Å². The number of hydrogen-bond acceptors (Lipinski definition) is 5. The van der Waals surface area contributed by atoms with Crippen LogP contribution < -0.4 is 15.4 Å². The summed E-state index contributed by atoms with van der Waals surface area (Å²) in [6.07, 6.45) is -2.83. The summed E-state index contributed by atoms with van der Waals surface area (Å²) in [4.78, 5) is 25.3. The zero-order chi connectivity index (χ0) is 25.9. The molecule has 36 heavy (non-hydrogen) atoms. The number of rotatable bonds is 9. The van der Waals surface area contributed by atoms with Crippen LogP contribution in [-0.4, -0.2) is 35.7 Å². The van der Waals surface area contributed by atoms with E-state index in [4.69, 9.17) is 9.47 Å². The van der Waals surface area contributed by atoms with Gasteiger partial charge in [0.1, 0.15) is 17.0 Å². The Bertz CT molecular complexity index is 1090. The first-order chi connectivity index (χ1) is 17.1. The molecule has 3 N–H and O–H groups in total. The van der Waals surface area contributed by atoms with Crippen molar-refractivity contribution in [2.45, 2.75) is 57.0 Å². The fourth-order valence-corrected chi connectivity index (χ4v) is 4.07. The summed E-state index contributed by atoms with van der Waals surface area (Å²) < 4.78 is 51.4. The zero-order valence-electron chi connectivity index (χ0n) is 19.9. The summed E-state index contributed by atoms with van der Waals surface area (Å²) in [5.74, 6) is -0.278. The number of ether oxygens (including phenoxy) is 2. The second-order valence-electron chi connectivity index (χ2n) is 9.44. The van der Waals surface area contributed by atoms with E-state index in [1.165, 1.54) is 31.2 Å². The molecule has 194 valence electrons. The van der Waals surface area contributed by atoms with Gasteiger partial charge in [-0.25, -0.2) is 0 Å². The smallest absolute Gasteiger partial charge is 0.419 e. The van der Waals surface area contributed by atoms with Crippen molar-refractivity contribution in [2.24, 2.45) is 5.92 Å². The molecule has 1 heterocycles. The third-order valence-corrected chi connectivity index (χ3v) is 6.40. The summed E-state index contributed by atoms with van der Waals surface area (Å²) in [5, 5.41) is 15.3. The SMILES string of the molecule is CC(O)c1ccc(Oc2ccc(CNC(=O)C3(NC(=O)CC4CC4)CCOC3)cc2)c(C(F)(F)F)c1. The number of amides is 2. The average Bonchev–Trinajstić information content (AvgIpc) is 3.51. The van der Waals surface area contributed by atoms with E-state index >= 15 is 0 Å². The first kappa shape index (κ1) is 26.0. The monoisotopic (exact) mass is 506 g/mol. The van der Waals surface area contributed by atoms with Crippen LogP contribution in [0.5, 0.6) is 11.5 Å². The Kier molecular flexibility index (Phi) is 7.56. The predicted octanol–water partition coefficient (Wildman–Crippen LogP) is 4.24. The number of nitrogens with one attached hydrogen (secondary N) is 2. The largest absolute Gasteiger partial charge is 0.457 e. The summed E-state index contributed by atoms with van der Waals surface area (Å²) in [5.41, 5.74) is -1.24. The van der Waals surface area contributed by atoms with E-state index in [0.29, 0.717) is 30.9 Å². The van der Waals surface area contributed by atoms with Gasteiger partial charge in [-0.2, -0.15) is 13.2 Å². The van der Waals surface area contributed by atoms with E-state index in [1.54, 1.807) is 12.1 Å². The van der Waals surface area contributed by atoms with E-state index in [0.717, 1.165) is 18.9 Å². The van der Waals surface area contributed by atoms with Crippen molar-refractivity contribution in [3.8, 4) is 11.5 Å². The lowest BCUT2D eigenvalue weighted by Gasteiger charge is -2.27. The van der Waals surface area contributed by atoms with E-state index in [2.05, 4.69) is 10.6 Å². The molecule has 0 spiro atoms. The Balaban J connectivity index is 1.38. The van der Waals surface area contributed by atoms with E-state index in [-0.39, 0.29) is 42.0 Å². The standard InChI is InChI=1S/C26H29F3N2O5/c1-16(32)19-6-9-22(21(13-19)26(27,28)29)36-20-7-4-18(5-8-20)14-30-24(34)25(10-11-35-15-25)31-23(33)12-17-2-3-17/h4-9,13,16-17,32H,2-3,10-12,14-15H2,1H3,(H,30,34)(H,31,33). The van der Waals surface area contributed by atoms with Crippen molar-refractivity contribution in [1.82, 2.24) is 10.6 Å². The Morgan fingerprint density at radius 3 is 2.50 bits per heavy atom. The normalized spacial score (nSPS) is 20.6. The lowest BCUT2D eigenvalue weighted by molar-refractivity contribution is -0.138. The van der Waals surface area contributed by atoms with Crippen molar-refractivity contribution in [2.75, 3.05) is 13.2 Å². The Morgan fingerprint density at radius 2 is 1.92 bits per heavy atom. The van der Waals surface area contributed by atoms with Crippen molar-refractivity contribution in [3.05, 3.63) is 59.2 Å². The highest BCUT2D eigenvalue weighted by Crippen LogP contribution is 2.39. The number of carbonyl (C=O) groups is 2. The summed E-state index contributed by atoms with van der Waals surface area (Å²) in [6.45, 7) is 2.03. The van der Waals surface area contributed by atoms with Crippen LogP contribution in [0.15, 0.2) is 42.5 Å². The highest BCUT2D eigenvalue weighted by atomic mass is 19.4. The van der Waals surface area contributed by atoms with Gasteiger partial charge in [0, 0.05) is 26.0 Å².